The maximum absolute atomic E-state index is 12.9. The number of benzene rings is 2. The van der Waals surface area contributed by atoms with E-state index >= 15 is 0 Å². The zero-order valence-corrected chi connectivity index (χ0v) is 14.7. The van der Waals surface area contributed by atoms with Crippen LogP contribution in [0.4, 0.5) is 0 Å². The van der Waals surface area contributed by atoms with Gasteiger partial charge in [-0.05, 0) is 43.7 Å². The molecule has 1 aliphatic rings. The lowest BCUT2D eigenvalue weighted by Gasteiger charge is -2.13. The van der Waals surface area contributed by atoms with Crippen LogP contribution in [0.2, 0.25) is 0 Å². The summed E-state index contributed by atoms with van der Waals surface area (Å²) in [6, 6.07) is 12.8. The van der Waals surface area contributed by atoms with Gasteiger partial charge in [-0.3, -0.25) is 4.79 Å². The second kappa shape index (κ2) is 6.33. The normalized spacial score (nSPS) is 13.9. The van der Waals surface area contributed by atoms with Crippen LogP contribution < -0.4 is 4.74 Å². The highest BCUT2D eigenvalue weighted by molar-refractivity contribution is 6.11. The van der Waals surface area contributed by atoms with Crippen LogP contribution >= 0.6 is 0 Å². The number of H-pyrrole nitrogens is 1. The van der Waals surface area contributed by atoms with Crippen LogP contribution in [-0.4, -0.2) is 29.4 Å². The molecular weight excluding hydrogens is 330 g/mol. The van der Waals surface area contributed by atoms with Crippen LogP contribution in [0.15, 0.2) is 42.5 Å². The topological polar surface area (TPSA) is 68.4 Å². The quantitative estimate of drug-likeness (QED) is 0.574. The molecule has 2 heterocycles. The summed E-state index contributed by atoms with van der Waals surface area (Å²) in [6.45, 7) is 4.09. The largest absolute Gasteiger partial charge is 0.493 e. The molecule has 3 aromatic rings. The predicted octanol–water partition coefficient (Wildman–Crippen LogP) is 3.84. The van der Waals surface area contributed by atoms with Crippen LogP contribution in [0.1, 0.15) is 38.9 Å². The van der Waals surface area contributed by atoms with Gasteiger partial charge in [0.05, 0.1) is 12.2 Å². The molecule has 1 aromatic heterocycles. The standard InChI is InChI=1S/C21H19NO4/c1-12-19(16-5-3-4-6-17(16)22-12)20(23)13(2)26-21(24)15-7-8-18-14(11-15)9-10-25-18/h3-8,11,13,22H,9-10H2,1-2H3. The third-order valence-electron chi connectivity index (χ3n) is 4.72. The molecule has 0 saturated heterocycles. The first-order valence-electron chi connectivity index (χ1n) is 8.63. The van der Waals surface area contributed by atoms with Gasteiger partial charge in [-0.1, -0.05) is 18.2 Å². The molecule has 1 N–H and O–H groups in total. The van der Waals surface area contributed by atoms with Gasteiger partial charge in [-0.15, -0.1) is 0 Å². The number of carbonyl (C=O) groups excluding carboxylic acids is 2. The molecule has 5 nitrogen and oxygen atoms in total. The van der Waals surface area contributed by atoms with Crippen LogP contribution in [0.5, 0.6) is 5.75 Å². The van der Waals surface area contributed by atoms with Crippen molar-refractivity contribution in [1.82, 2.24) is 4.98 Å². The maximum atomic E-state index is 12.9. The Labute approximate surface area is 150 Å². The number of hydrogen-bond donors (Lipinski definition) is 1. The van der Waals surface area contributed by atoms with Gasteiger partial charge in [0.25, 0.3) is 0 Å². The van der Waals surface area contributed by atoms with Crippen molar-refractivity contribution in [3.05, 3.63) is 64.8 Å². The summed E-state index contributed by atoms with van der Waals surface area (Å²) in [5, 5.41) is 0.840. The molecule has 5 heteroatoms. The summed E-state index contributed by atoms with van der Waals surface area (Å²) < 4.78 is 10.9. The monoisotopic (exact) mass is 349 g/mol. The molecule has 0 fully saturated rings. The SMILES string of the molecule is Cc1[nH]c2ccccc2c1C(=O)C(C)OC(=O)c1ccc2c(c1)CCO2. The fraction of sp³-hybridized carbons (Fsp3) is 0.238. The van der Waals surface area contributed by atoms with Crippen molar-refractivity contribution in [3.63, 3.8) is 0 Å². The van der Waals surface area contributed by atoms with E-state index in [4.69, 9.17) is 9.47 Å². The second-order valence-corrected chi connectivity index (χ2v) is 6.50. The average Bonchev–Trinajstić information content (AvgIpc) is 3.23. The van der Waals surface area contributed by atoms with E-state index in [9.17, 15) is 9.59 Å². The Morgan fingerprint density at radius 2 is 2.00 bits per heavy atom. The van der Waals surface area contributed by atoms with Gasteiger partial charge in [0, 0.05) is 28.6 Å². The van der Waals surface area contributed by atoms with E-state index in [2.05, 4.69) is 4.98 Å². The van der Waals surface area contributed by atoms with Crippen LogP contribution in [0.3, 0.4) is 0 Å². The van der Waals surface area contributed by atoms with Crippen LogP contribution in [0, 0.1) is 6.92 Å². The van der Waals surface area contributed by atoms with E-state index in [1.807, 2.05) is 31.2 Å². The lowest BCUT2D eigenvalue weighted by Crippen LogP contribution is -2.25. The molecule has 4 rings (SSSR count). The Hall–Kier alpha value is -3.08. The first-order chi connectivity index (χ1) is 12.5. The van der Waals surface area contributed by atoms with Gasteiger partial charge in [0.15, 0.2) is 6.10 Å². The van der Waals surface area contributed by atoms with Gasteiger partial charge in [0.2, 0.25) is 5.78 Å². The first-order valence-corrected chi connectivity index (χ1v) is 8.63. The van der Waals surface area contributed by atoms with E-state index in [0.29, 0.717) is 17.7 Å². The van der Waals surface area contributed by atoms with E-state index < -0.39 is 12.1 Å². The number of nitrogens with one attached hydrogen (secondary N) is 1. The first kappa shape index (κ1) is 16.4. The van der Waals surface area contributed by atoms with Crippen molar-refractivity contribution in [2.75, 3.05) is 6.61 Å². The lowest BCUT2D eigenvalue weighted by atomic mass is 10.0. The number of fused-ring (bicyclic) bond motifs is 2. The number of ether oxygens (including phenoxy) is 2. The van der Waals surface area contributed by atoms with Gasteiger partial charge in [0.1, 0.15) is 5.75 Å². The minimum absolute atomic E-state index is 0.210. The zero-order chi connectivity index (χ0) is 18.3. The third-order valence-corrected chi connectivity index (χ3v) is 4.72. The molecular formula is C21H19NO4. The van der Waals surface area contributed by atoms with E-state index in [1.165, 1.54) is 0 Å². The number of aromatic nitrogens is 1. The summed E-state index contributed by atoms with van der Waals surface area (Å²) in [5.41, 5.74) is 3.66. The summed E-state index contributed by atoms with van der Waals surface area (Å²) in [7, 11) is 0. The fourth-order valence-corrected chi connectivity index (χ4v) is 3.39. The van der Waals surface area contributed by atoms with E-state index in [1.54, 1.807) is 25.1 Å². The van der Waals surface area contributed by atoms with Crippen LogP contribution in [-0.2, 0) is 11.2 Å². The summed E-state index contributed by atoms with van der Waals surface area (Å²) in [6.07, 6.45) is -0.0932. The fourth-order valence-electron chi connectivity index (χ4n) is 3.39. The molecule has 0 spiro atoms. The van der Waals surface area contributed by atoms with Crippen molar-refractivity contribution >= 4 is 22.7 Å². The molecule has 0 bridgehead atoms. The van der Waals surface area contributed by atoms with Gasteiger partial charge < -0.3 is 14.5 Å². The number of carbonyl (C=O) groups is 2. The van der Waals surface area contributed by atoms with Gasteiger partial charge in [-0.2, -0.15) is 0 Å². The van der Waals surface area contributed by atoms with Crippen molar-refractivity contribution < 1.29 is 19.1 Å². The van der Waals surface area contributed by atoms with Crippen molar-refractivity contribution in [1.29, 1.82) is 0 Å². The number of Topliss-reactive ketones (excluding diaryl/α,β-unsaturated/α-hetero) is 1. The van der Waals surface area contributed by atoms with Crippen LogP contribution in [0.25, 0.3) is 10.9 Å². The van der Waals surface area contributed by atoms with Crippen molar-refractivity contribution in [3.8, 4) is 5.75 Å². The Bertz CT molecular complexity index is 1020. The number of aromatic amines is 1. The molecule has 2 aromatic carbocycles. The number of rotatable bonds is 4. The number of esters is 1. The molecule has 0 saturated carbocycles. The smallest absolute Gasteiger partial charge is 0.338 e. The minimum atomic E-state index is -0.870. The van der Waals surface area contributed by atoms with E-state index in [0.717, 1.165) is 34.3 Å². The summed E-state index contributed by atoms with van der Waals surface area (Å²) >= 11 is 0. The number of ketones is 1. The number of aryl methyl sites for hydroxylation is 1. The Morgan fingerprint density at radius 3 is 2.85 bits per heavy atom. The number of para-hydroxylation sites is 1. The molecule has 26 heavy (non-hydrogen) atoms. The molecule has 0 radical (unpaired) electrons. The average molecular weight is 349 g/mol. The minimum Gasteiger partial charge on any atom is -0.493 e. The number of hydrogen-bond acceptors (Lipinski definition) is 4. The maximum Gasteiger partial charge on any atom is 0.338 e. The van der Waals surface area contributed by atoms with E-state index in [-0.39, 0.29) is 5.78 Å². The Morgan fingerprint density at radius 1 is 1.19 bits per heavy atom. The van der Waals surface area contributed by atoms with Crippen molar-refractivity contribution in [2.24, 2.45) is 0 Å². The molecule has 0 aliphatic carbocycles. The molecule has 1 atom stereocenters. The third kappa shape index (κ3) is 2.75. The Kier molecular flexibility index (Phi) is 3.99. The lowest BCUT2D eigenvalue weighted by molar-refractivity contribution is 0.0319. The van der Waals surface area contributed by atoms with Crippen molar-refractivity contribution in [2.45, 2.75) is 26.4 Å². The predicted molar refractivity (Wildman–Crippen MR) is 97.9 cm³/mol. The summed E-state index contributed by atoms with van der Waals surface area (Å²) in [5.74, 6) is 0.0935. The highest BCUT2D eigenvalue weighted by Crippen LogP contribution is 2.27. The second-order valence-electron chi connectivity index (χ2n) is 6.50. The molecule has 1 aliphatic heterocycles. The highest BCUT2D eigenvalue weighted by Gasteiger charge is 2.25. The summed E-state index contributed by atoms with van der Waals surface area (Å²) in [4.78, 5) is 28.5. The molecule has 0 amide bonds. The molecule has 132 valence electrons. The molecule has 1 unspecified atom stereocenters. The zero-order valence-electron chi connectivity index (χ0n) is 14.7. The van der Waals surface area contributed by atoms with Gasteiger partial charge in [-0.25, -0.2) is 4.79 Å². The van der Waals surface area contributed by atoms with Gasteiger partial charge >= 0.3 is 5.97 Å². The highest BCUT2D eigenvalue weighted by atomic mass is 16.5. The Balaban J connectivity index is 1.55.